The lowest BCUT2D eigenvalue weighted by molar-refractivity contribution is 0.209. The molecule has 1 aromatic carbocycles. The maximum atomic E-state index is 10.4. The molecule has 4 nitrogen and oxygen atoms in total. The minimum atomic E-state index is -0.665. The van der Waals surface area contributed by atoms with Gasteiger partial charge >= 0.3 is 0 Å². The lowest BCUT2D eigenvalue weighted by Gasteiger charge is -2.16. The number of aliphatic hydroxyl groups is 1. The molecule has 1 unspecified atom stereocenters. The molecule has 2 rings (SSSR count). The summed E-state index contributed by atoms with van der Waals surface area (Å²) in [6, 6.07) is 5.74. The summed E-state index contributed by atoms with van der Waals surface area (Å²) in [6.07, 6.45) is 1.02. The van der Waals surface area contributed by atoms with Gasteiger partial charge in [0.1, 0.15) is 11.9 Å². The van der Waals surface area contributed by atoms with Crippen molar-refractivity contribution < 1.29 is 9.84 Å². The van der Waals surface area contributed by atoms with Crippen molar-refractivity contribution in [1.82, 2.24) is 9.78 Å². The molecule has 0 aliphatic heterocycles. The van der Waals surface area contributed by atoms with Crippen LogP contribution in [-0.2, 0) is 7.05 Å². The smallest absolute Gasteiger partial charge is 0.122 e. The summed E-state index contributed by atoms with van der Waals surface area (Å²) in [5.41, 5.74) is 3.69. The van der Waals surface area contributed by atoms with E-state index in [1.807, 2.05) is 39.1 Å². The molecule has 0 fully saturated rings. The van der Waals surface area contributed by atoms with Crippen molar-refractivity contribution in [3.05, 3.63) is 46.8 Å². The topological polar surface area (TPSA) is 47.3 Å². The van der Waals surface area contributed by atoms with Crippen LogP contribution in [0.15, 0.2) is 24.4 Å². The zero-order chi connectivity index (χ0) is 13.3. The van der Waals surface area contributed by atoms with Gasteiger partial charge in [0.25, 0.3) is 0 Å². The van der Waals surface area contributed by atoms with Gasteiger partial charge in [0.15, 0.2) is 0 Å². The Morgan fingerprint density at radius 1 is 1.28 bits per heavy atom. The van der Waals surface area contributed by atoms with Gasteiger partial charge in [0.05, 0.1) is 12.8 Å². The second kappa shape index (κ2) is 4.82. The van der Waals surface area contributed by atoms with Gasteiger partial charge in [-0.05, 0) is 48.7 Å². The largest absolute Gasteiger partial charge is 0.496 e. The first-order chi connectivity index (χ1) is 8.54. The molecule has 0 saturated heterocycles. The Bertz CT molecular complexity index is 561. The van der Waals surface area contributed by atoms with Crippen LogP contribution in [-0.4, -0.2) is 22.0 Å². The van der Waals surface area contributed by atoms with E-state index in [0.29, 0.717) is 0 Å². The average molecular weight is 246 g/mol. The Hall–Kier alpha value is -1.81. The third-order valence-corrected chi connectivity index (χ3v) is 3.22. The van der Waals surface area contributed by atoms with E-state index in [2.05, 4.69) is 5.10 Å². The summed E-state index contributed by atoms with van der Waals surface area (Å²) in [5, 5.41) is 14.5. The van der Waals surface area contributed by atoms with Crippen LogP contribution in [0.2, 0.25) is 0 Å². The van der Waals surface area contributed by atoms with Gasteiger partial charge in [-0.2, -0.15) is 5.10 Å². The zero-order valence-electron chi connectivity index (χ0n) is 11.1. The zero-order valence-corrected chi connectivity index (χ0v) is 11.1. The quantitative estimate of drug-likeness (QED) is 0.902. The molecule has 1 N–H and O–H groups in total. The van der Waals surface area contributed by atoms with Crippen molar-refractivity contribution in [3.8, 4) is 5.75 Å². The number of aryl methyl sites for hydroxylation is 3. The molecule has 18 heavy (non-hydrogen) atoms. The first-order valence-electron chi connectivity index (χ1n) is 5.85. The van der Waals surface area contributed by atoms with E-state index in [1.54, 1.807) is 18.0 Å². The van der Waals surface area contributed by atoms with Gasteiger partial charge in [-0.15, -0.1) is 0 Å². The number of rotatable bonds is 3. The fourth-order valence-electron chi connectivity index (χ4n) is 2.14. The number of aliphatic hydroxyl groups excluding tert-OH is 1. The molecule has 2 aromatic rings. The van der Waals surface area contributed by atoms with E-state index in [4.69, 9.17) is 4.74 Å². The van der Waals surface area contributed by atoms with E-state index in [0.717, 1.165) is 28.1 Å². The van der Waals surface area contributed by atoms with Crippen LogP contribution in [0.5, 0.6) is 5.75 Å². The molecule has 0 saturated carbocycles. The van der Waals surface area contributed by atoms with E-state index >= 15 is 0 Å². The number of nitrogens with zero attached hydrogens (tertiary/aromatic N) is 2. The molecule has 1 heterocycles. The fourth-order valence-corrected chi connectivity index (χ4v) is 2.14. The molecule has 0 radical (unpaired) electrons. The van der Waals surface area contributed by atoms with Gasteiger partial charge in [-0.25, -0.2) is 0 Å². The Morgan fingerprint density at radius 2 is 2.00 bits per heavy atom. The molecule has 1 aromatic heterocycles. The first-order valence-corrected chi connectivity index (χ1v) is 5.85. The Labute approximate surface area is 107 Å². The van der Waals surface area contributed by atoms with Crippen LogP contribution < -0.4 is 4.74 Å². The Kier molecular flexibility index (Phi) is 3.39. The van der Waals surface area contributed by atoms with Crippen LogP contribution in [0, 0.1) is 13.8 Å². The van der Waals surface area contributed by atoms with Crippen molar-refractivity contribution in [1.29, 1.82) is 0 Å². The fraction of sp³-hybridized carbons (Fsp3) is 0.357. The summed E-state index contributed by atoms with van der Waals surface area (Å²) in [7, 11) is 3.48. The van der Waals surface area contributed by atoms with Crippen LogP contribution in [0.25, 0.3) is 0 Å². The molecule has 96 valence electrons. The number of hydrogen-bond donors (Lipinski definition) is 1. The second-order valence-corrected chi connectivity index (χ2v) is 4.46. The van der Waals surface area contributed by atoms with Crippen LogP contribution in [0.1, 0.15) is 28.5 Å². The summed E-state index contributed by atoms with van der Waals surface area (Å²) in [6.45, 7) is 3.94. The van der Waals surface area contributed by atoms with Crippen molar-refractivity contribution in [2.45, 2.75) is 20.0 Å². The molecular formula is C14H18N2O2. The van der Waals surface area contributed by atoms with E-state index < -0.39 is 6.10 Å². The molecule has 0 amide bonds. The SMILES string of the molecule is COc1cc(C)c(C(O)c2ccnn2C)cc1C. The van der Waals surface area contributed by atoms with E-state index in [1.165, 1.54) is 0 Å². The molecule has 1 atom stereocenters. The van der Waals surface area contributed by atoms with Crippen molar-refractivity contribution >= 4 is 0 Å². The van der Waals surface area contributed by atoms with E-state index in [-0.39, 0.29) is 0 Å². The first kappa shape index (κ1) is 12.6. The van der Waals surface area contributed by atoms with Gasteiger partial charge in [-0.1, -0.05) is 0 Å². The van der Waals surface area contributed by atoms with Crippen LogP contribution >= 0.6 is 0 Å². The molecule has 0 aliphatic rings. The number of hydrogen-bond acceptors (Lipinski definition) is 3. The minimum Gasteiger partial charge on any atom is -0.496 e. The highest BCUT2D eigenvalue weighted by Crippen LogP contribution is 2.29. The lowest BCUT2D eigenvalue weighted by atomic mass is 9.98. The minimum absolute atomic E-state index is 0.665. The standard InChI is InChI=1S/C14H18N2O2/c1-9-8-13(18-4)10(2)7-11(9)14(17)12-5-6-15-16(12)3/h5-8,14,17H,1-4H3. The molecule has 4 heteroatoms. The normalized spacial score (nSPS) is 12.5. The monoisotopic (exact) mass is 246 g/mol. The van der Waals surface area contributed by atoms with E-state index in [9.17, 15) is 5.11 Å². The van der Waals surface area contributed by atoms with Crippen LogP contribution in [0.4, 0.5) is 0 Å². The highest BCUT2D eigenvalue weighted by atomic mass is 16.5. The molecule has 0 aliphatic carbocycles. The van der Waals surface area contributed by atoms with Gasteiger partial charge < -0.3 is 9.84 Å². The second-order valence-electron chi connectivity index (χ2n) is 4.46. The summed E-state index contributed by atoms with van der Waals surface area (Å²) in [5.74, 6) is 0.841. The van der Waals surface area contributed by atoms with Gasteiger partial charge in [-0.3, -0.25) is 4.68 Å². The third-order valence-electron chi connectivity index (χ3n) is 3.22. The van der Waals surface area contributed by atoms with Gasteiger partial charge in [0, 0.05) is 13.2 Å². The maximum absolute atomic E-state index is 10.4. The predicted octanol–water partition coefficient (Wildman–Crippen LogP) is 2.13. The molecular weight excluding hydrogens is 228 g/mol. The highest BCUT2D eigenvalue weighted by Gasteiger charge is 2.17. The highest BCUT2D eigenvalue weighted by molar-refractivity contribution is 5.44. The predicted molar refractivity (Wildman–Crippen MR) is 69.7 cm³/mol. The maximum Gasteiger partial charge on any atom is 0.122 e. The summed E-state index contributed by atoms with van der Waals surface area (Å²) >= 11 is 0. The number of ether oxygens (including phenoxy) is 1. The summed E-state index contributed by atoms with van der Waals surface area (Å²) in [4.78, 5) is 0. The Balaban J connectivity index is 2.46. The van der Waals surface area contributed by atoms with Crippen molar-refractivity contribution in [2.24, 2.45) is 7.05 Å². The lowest BCUT2D eigenvalue weighted by Crippen LogP contribution is -2.08. The Morgan fingerprint density at radius 3 is 2.56 bits per heavy atom. The third kappa shape index (κ3) is 2.11. The summed E-state index contributed by atoms with van der Waals surface area (Å²) < 4.78 is 6.96. The number of benzene rings is 1. The van der Waals surface area contributed by atoms with Crippen molar-refractivity contribution in [3.63, 3.8) is 0 Å². The molecule has 0 bridgehead atoms. The number of aromatic nitrogens is 2. The van der Waals surface area contributed by atoms with Gasteiger partial charge in [0.2, 0.25) is 0 Å². The molecule has 0 spiro atoms. The average Bonchev–Trinajstić information content (AvgIpc) is 2.77. The van der Waals surface area contributed by atoms with Crippen LogP contribution in [0.3, 0.4) is 0 Å². The number of methoxy groups -OCH3 is 1. The van der Waals surface area contributed by atoms with Crippen molar-refractivity contribution in [2.75, 3.05) is 7.11 Å².